The standard InChI is InChI=1S/C24H42O5S/c1-4-6-7-9-14-24(28,5-2)15-11-13-20-19(21(25)17-22(20)26)12-8-10-16-30-18-23(27)29-3/h5,10,16,19-22,25-26,28H,2,4,6-9,11-15,17-18H2,1,3H3/t19-,20-,21-,22-,24?/m1/s1. The Labute approximate surface area is 187 Å². The van der Waals surface area contributed by atoms with Crippen LogP contribution in [0.15, 0.2) is 24.1 Å². The molecule has 0 radical (unpaired) electrons. The quantitative estimate of drug-likeness (QED) is 0.184. The van der Waals surface area contributed by atoms with Crippen LogP contribution in [0, 0.1) is 11.8 Å². The summed E-state index contributed by atoms with van der Waals surface area (Å²) in [4.78, 5) is 11.1. The minimum absolute atomic E-state index is 0.0604. The van der Waals surface area contributed by atoms with E-state index in [-0.39, 0.29) is 17.8 Å². The maximum absolute atomic E-state index is 11.1. The Hall–Kier alpha value is -0.820. The van der Waals surface area contributed by atoms with E-state index in [1.165, 1.54) is 31.7 Å². The summed E-state index contributed by atoms with van der Waals surface area (Å²) in [7, 11) is 1.38. The predicted molar refractivity (Wildman–Crippen MR) is 124 cm³/mol. The van der Waals surface area contributed by atoms with Crippen LogP contribution in [0.5, 0.6) is 0 Å². The maximum atomic E-state index is 11.1. The van der Waals surface area contributed by atoms with E-state index in [0.717, 1.165) is 44.9 Å². The van der Waals surface area contributed by atoms with Gasteiger partial charge in [-0.05, 0) is 62.2 Å². The fraction of sp³-hybridized carbons (Fsp3) is 0.792. The van der Waals surface area contributed by atoms with Gasteiger partial charge in [-0.25, -0.2) is 0 Å². The van der Waals surface area contributed by atoms with Crippen molar-refractivity contribution in [2.45, 2.75) is 95.4 Å². The van der Waals surface area contributed by atoms with Crippen molar-refractivity contribution in [2.75, 3.05) is 12.9 Å². The first-order valence-electron chi connectivity index (χ1n) is 11.4. The monoisotopic (exact) mass is 442 g/mol. The number of esters is 1. The van der Waals surface area contributed by atoms with Gasteiger partial charge in [0.25, 0.3) is 0 Å². The zero-order valence-electron chi connectivity index (χ0n) is 18.8. The van der Waals surface area contributed by atoms with Crippen LogP contribution < -0.4 is 0 Å². The van der Waals surface area contributed by atoms with Gasteiger partial charge in [-0.1, -0.05) is 44.8 Å². The molecule has 0 saturated heterocycles. The predicted octanol–water partition coefficient (Wildman–Crippen LogP) is 4.60. The van der Waals surface area contributed by atoms with Crippen LogP contribution in [0.1, 0.15) is 77.6 Å². The van der Waals surface area contributed by atoms with Gasteiger partial charge < -0.3 is 20.1 Å². The van der Waals surface area contributed by atoms with Gasteiger partial charge in [-0.15, -0.1) is 18.3 Å². The number of carbonyl (C=O) groups excluding carboxylic acids is 1. The first-order chi connectivity index (χ1) is 14.4. The van der Waals surface area contributed by atoms with Gasteiger partial charge in [0.05, 0.1) is 30.7 Å². The van der Waals surface area contributed by atoms with E-state index in [2.05, 4.69) is 18.2 Å². The molecule has 1 saturated carbocycles. The summed E-state index contributed by atoms with van der Waals surface area (Å²) >= 11 is 1.39. The zero-order chi connectivity index (χ0) is 22.4. The lowest BCUT2D eigenvalue weighted by molar-refractivity contribution is -0.137. The van der Waals surface area contributed by atoms with E-state index >= 15 is 0 Å². The number of ether oxygens (including phenoxy) is 1. The van der Waals surface area contributed by atoms with Gasteiger partial charge >= 0.3 is 5.97 Å². The summed E-state index contributed by atoms with van der Waals surface area (Å²) < 4.78 is 4.60. The molecule has 5 atom stereocenters. The highest BCUT2D eigenvalue weighted by molar-refractivity contribution is 8.02. The number of methoxy groups -OCH3 is 1. The van der Waals surface area contributed by atoms with Crippen molar-refractivity contribution < 1.29 is 24.9 Å². The molecule has 0 aromatic rings. The molecule has 1 fully saturated rings. The maximum Gasteiger partial charge on any atom is 0.315 e. The molecule has 174 valence electrons. The molecule has 0 bridgehead atoms. The van der Waals surface area contributed by atoms with Crippen LogP contribution in [0.4, 0.5) is 0 Å². The van der Waals surface area contributed by atoms with Crippen LogP contribution in [0.2, 0.25) is 0 Å². The first-order valence-corrected chi connectivity index (χ1v) is 12.5. The SMILES string of the molecule is C=CC(O)(CCCCCC)CCC[C@@H]1[C@@H](CCC=CSCC(=O)OC)[C@H](O)C[C@H]1O. The summed E-state index contributed by atoms with van der Waals surface area (Å²) in [6.07, 6.45) is 12.3. The van der Waals surface area contributed by atoms with Crippen molar-refractivity contribution in [1.82, 2.24) is 0 Å². The molecular weight excluding hydrogens is 400 g/mol. The summed E-state index contributed by atoms with van der Waals surface area (Å²) in [5, 5.41) is 33.5. The van der Waals surface area contributed by atoms with Crippen molar-refractivity contribution in [3.05, 3.63) is 24.1 Å². The van der Waals surface area contributed by atoms with Crippen molar-refractivity contribution in [1.29, 1.82) is 0 Å². The van der Waals surface area contributed by atoms with Gasteiger partial charge in [0.2, 0.25) is 0 Å². The van der Waals surface area contributed by atoms with E-state index in [0.29, 0.717) is 18.6 Å². The van der Waals surface area contributed by atoms with Gasteiger partial charge in [0.1, 0.15) is 0 Å². The fourth-order valence-electron chi connectivity index (χ4n) is 4.41. The average Bonchev–Trinajstić information content (AvgIpc) is 3.00. The molecule has 0 amide bonds. The molecule has 3 N–H and O–H groups in total. The van der Waals surface area contributed by atoms with E-state index in [9.17, 15) is 20.1 Å². The smallest absolute Gasteiger partial charge is 0.315 e. The second kappa shape index (κ2) is 15.1. The summed E-state index contributed by atoms with van der Waals surface area (Å²) in [6.45, 7) is 6.00. The third kappa shape index (κ3) is 9.99. The highest BCUT2D eigenvalue weighted by Gasteiger charge is 2.40. The Balaban J connectivity index is 2.43. The van der Waals surface area contributed by atoms with Crippen molar-refractivity contribution in [3.63, 3.8) is 0 Å². The third-order valence-electron chi connectivity index (χ3n) is 6.30. The Morgan fingerprint density at radius 3 is 2.43 bits per heavy atom. The number of aliphatic hydroxyl groups excluding tert-OH is 2. The van der Waals surface area contributed by atoms with Gasteiger partial charge in [-0.3, -0.25) is 4.79 Å². The lowest BCUT2D eigenvalue weighted by Gasteiger charge is -2.27. The largest absolute Gasteiger partial charge is 0.468 e. The molecule has 5 nitrogen and oxygen atoms in total. The third-order valence-corrected chi connectivity index (χ3v) is 7.09. The number of thioether (sulfide) groups is 1. The highest BCUT2D eigenvalue weighted by Crippen LogP contribution is 2.39. The van der Waals surface area contributed by atoms with Crippen molar-refractivity contribution in [3.8, 4) is 0 Å². The summed E-state index contributed by atoms with van der Waals surface area (Å²) in [5.74, 6) is 0.177. The van der Waals surface area contributed by atoms with Gasteiger partial charge in [-0.2, -0.15) is 0 Å². The van der Waals surface area contributed by atoms with Crippen LogP contribution in [0.3, 0.4) is 0 Å². The molecule has 1 aliphatic rings. The zero-order valence-corrected chi connectivity index (χ0v) is 19.6. The van der Waals surface area contributed by atoms with Crippen LogP contribution in [-0.2, 0) is 9.53 Å². The molecular formula is C24H42O5S. The number of rotatable bonds is 16. The van der Waals surface area contributed by atoms with Crippen LogP contribution >= 0.6 is 11.8 Å². The molecule has 0 aliphatic heterocycles. The number of hydrogen-bond donors (Lipinski definition) is 3. The number of carbonyl (C=O) groups is 1. The number of hydrogen-bond acceptors (Lipinski definition) is 6. The first kappa shape index (κ1) is 27.2. The topological polar surface area (TPSA) is 87.0 Å². The Morgan fingerprint density at radius 2 is 1.80 bits per heavy atom. The van der Waals surface area contributed by atoms with E-state index in [1.54, 1.807) is 6.08 Å². The Kier molecular flexibility index (Phi) is 13.7. The lowest BCUT2D eigenvalue weighted by atomic mass is 9.83. The molecule has 6 heteroatoms. The molecule has 0 aromatic heterocycles. The van der Waals surface area contributed by atoms with Crippen LogP contribution in [-0.4, -0.2) is 52.0 Å². The normalized spacial score (nSPS) is 26.0. The van der Waals surface area contributed by atoms with Crippen molar-refractivity contribution in [2.24, 2.45) is 11.8 Å². The minimum atomic E-state index is -0.828. The van der Waals surface area contributed by atoms with Crippen LogP contribution in [0.25, 0.3) is 0 Å². The average molecular weight is 443 g/mol. The van der Waals surface area contributed by atoms with Gasteiger partial charge in [0, 0.05) is 0 Å². The molecule has 1 aliphatic carbocycles. The summed E-state index contributed by atoms with van der Waals surface area (Å²) in [5.41, 5.74) is -0.828. The molecule has 30 heavy (non-hydrogen) atoms. The molecule has 1 rings (SSSR count). The highest BCUT2D eigenvalue weighted by atomic mass is 32.2. The van der Waals surface area contributed by atoms with E-state index < -0.39 is 17.8 Å². The summed E-state index contributed by atoms with van der Waals surface area (Å²) in [6, 6.07) is 0. The number of aliphatic hydroxyl groups is 3. The second-order valence-electron chi connectivity index (χ2n) is 8.54. The lowest BCUT2D eigenvalue weighted by Crippen LogP contribution is -2.27. The molecule has 1 unspecified atom stereocenters. The minimum Gasteiger partial charge on any atom is -0.468 e. The van der Waals surface area contributed by atoms with E-state index in [4.69, 9.17) is 0 Å². The van der Waals surface area contributed by atoms with E-state index in [1.807, 2.05) is 11.5 Å². The molecule has 0 heterocycles. The Bertz CT molecular complexity index is 524. The second-order valence-corrected chi connectivity index (χ2v) is 9.44. The number of allylic oxidation sites excluding steroid dienone is 1. The Morgan fingerprint density at radius 1 is 1.13 bits per heavy atom. The number of unbranched alkanes of at least 4 members (excludes halogenated alkanes) is 3. The molecule has 0 spiro atoms. The van der Waals surface area contributed by atoms with Gasteiger partial charge in [0.15, 0.2) is 0 Å². The molecule has 0 aromatic carbocycles. The fourth-order valence-corrected chi connectivity index (χ4v) is 5.03. The van der Waals surface area contributed by atoms with Crippen molar-refractivity contribution >= 4 is 17.7 Å².